The second kappa shape index (κ2) is 5.59. The summed E-state index contributed by atoms with van der Waals surface area (Å²) in [4.78, 5) is 0. The first-order valence-electron chi connectivity index (χ1n) is 8.82. The number of hydrogen-bond donors (Lipinski definition) is 2. The van der Waals surface area contributed by atoms with Gasteiger partial charge in [-0.05, 0) is 57.2 Å². The first kappa shape index (κ1) is 16.1. The molecule has 0 saturated heterocycles. The van der Waals surface area contributed by atoms with Crippen LogP contribution >= 0.6 is 0 Å². The average Bonchev–Trinajstić information content (AvgIpc) is 3.20. The first-order valence-corrected chi connectivity index (χ1v) is 8.82. The van der Waals surface area contributed by atoms with Gasteiger partial charge < -0.3 is 10.4 Å². The molecule has 1 aromatic carbocycles. The van der Waals surface area contributed by atoms with Gasteiger partial charge in [-0.25, -0.2) is 0 Å². The fourth-order valence-corrected chi connectivity index (χ4v) is 3.19. The Kier molecular flexibility index (Phi) is 3.61. The molecule has 0 bridgehead atoms. The highest BCUT2D eigenvalue weighted by Crippen LogP contribution is 2.35. The van der Waals surface area contributed by atoms with E-state index in [-0.39, 0.29) is 0 Å². The highest BCUT2D eigenvalue weighted by Gasteiger charge is 2.25. The summed E-state index contributed by atoms with van der Waals surface area (Å²) in [6.07, 6.45) is 4.53. The lowest BCUT2D eigenvalue weighted by atomic mass is 9.97. The van der Waals surface area contributed by atoms with Crippen LogP contribution in [0, 0.1) is 12.8 Å². The number of anilines is 2. The average molecular weight is 339 g/mol. The summed E-state index contributed by atoms with van der Waals surface area (Å²) in [5, 5.41) is 24.1. The molecule has 1 fully saturated rings. The second-order valence-corrected chi connectivity index (χ2v) is 7.69. The van der Waals surface area contributed by atoms with E-state index in [4.69, 9.17) is 5.10 Å². The molecule has 6 heteroatoms. The lowest BCUT2D eigenvalue weighted by Crippen LogP contribution is -2.15. The molecule has 0 spiro atoms. The van der Waals surface area contributed by atoms with Gasteiger partial charge in [-0.1, -0.05) is 6.07 Å². The molecule has 0 atom stereocenters. The second-order valence-electron chi connectivity index (χ2n) is 7.69. The maximum atomic E-state index is 10.4. The third-order valence-corrected chi connectivity index (χ3v) is 4.85. The molecular formula is C19H25N5O. The lowest BCUT2D eigenvalue weighted by Gasteiger charge is -2.17. The molecule has 4 rings (SSSR count). The van der Waals surface area contributed by atoms with Crippen LogP contribution in [0.25, 0.3) is 10.9 Å². The highest BCUT2D eigenvalue weighted by molar-refractivity contribution is 5.92. The Morgan fingerprint density at radius 2 is 2.04 bits per heavy atom. The third-order valence-electron chi connectivity index (χ3n) is 4.85. The summed E-state index contributed by atoms with van der Waals surface area (Å²) in [7, 11) is 1.91. The quantitative estimate of drug-likeness (QED) is 0.747. The number of hydrogen-bond acceptors (Lipinski definition) is 4. The van der Waals surface area contributed by atoms with E-state index in [9.17, 15) is 5.11 Å². The Bertz CT molecular complexity index is 927. The summed E-state index contributed by atoms with van der Waals surface area (Å²) in [6.45, 7) is 6.54. The molecule has 2 heterocycles. The minimum Gasteiger partial charge on any atom is -0.386 e. The van der Waals surface area contributed by atoms with Gasteiger partial charge in [-0.3, -0.25) is 9.36 Å². The van der Waals surface area contributed by atoms with Gasteiger partial charge >= 0.3 is 0 Å². The summed E-state index contributed by atoms with van der Waals surface area (Å²) in [5.74, 6) is 1.56. The highest BCUT2D eigenvalue weighted by atomic mass is 16.3. The van der Waals surface area contributed by atoms with Crippen LogP contribution in [0.4, 0.5) is 11.5 Å². The molecule has 2 aromatic heterocycles. The van der Waals surface area contributed by atoms with E-state index in [1.165, 1.54) is 12.8 Å². The molecule has 1 aliphatic carbocycles. The third kappa shape index (κ3) is 3.14. The van der Waals surface area contributed by atoms with E-state index in [1.54, 1.807) is 18.5 Å². The molecule has 132 valence electrons. The van der Waals surface area contributed by atoms with E-state index in [2.05, 4.69) is 21.2 Å². The Morgan fingerprint density at radius 1 is 1.28 bits per heavy atom. The van der Waals surface area contributed by atoms with Crippen molar-refractivity contribution in [3.8, 4) is 0 Å². The smallest absolute Gasteiger partial charge is 0.160 e. The summed E-state index contributed by atoms with van der Waals surface area (Å²) in [5.41, 5.74) is 3.00. The molecule has 0 radical (unpaired) electrons. The Morgan fingerprint density at radius 3 is 2.64 bits per heavy atom. The van der Waals surface area contributed by atoms with Gasteiger partial charge in [-0.2, -0.15) is 10.2 Å². The molecule has 1 aliphatic rings. The minimum atomic E-state index is -0.881. The molecule has 1 saturated carbocycles. The van der Waals surface area contributed by atoms with Crippen molar-refractivity contribution in [1.82, 2.24) is 19.6 Å². The predicted octanol–water partition coefficient (Wildman–Crippen LogP) is 3.46. The number of benzene rings is 1. The SMILES string of the molecule is Cc1nn(C)cc1Nc1nn(CC2CC2)c2ccc(C(C)(C)O)cc12. The van der Waals surface area contributed by atoms with Crippen molar-refractivity contribution in [3.05, 3.63) is 35.7 Å². The number of fused-ring (bicyclic) bond motifs is 1. The topological polar surface area (TPSA) is 67.9 Å². The van der Waals surface area contributed by atoms with E-state index < -0.39 is 5.60 Å². The standard InChI is InChI=1S/C19H25N5O/c1-12-16(11-23(4)21-12)20-18-15-9-14(19(2,3)25)7-8-17(15)24(22-18)10-13-5-6-13/h7-9,11,13,25H,5-6,10H2,1-4H3,(H,20,22). The lowest BCUT2D eigenvalue weighted by molar-refractivity contribution is 0.0787. The Balaban J connectivity index is 1.81. The zero-order valence-electron chi connectivity index (χ0n) is 15.2. The fourth-order valence-electron chi connectivity index (χ4n) is 3.19. The van der Waals surface area contributed by atoms with Crippen molar-refractivity contribution in [3.63, 3.8) is 0 Å². The molecule has 3 aromatic rings. The zero-order chi connectivity index (χ0) is 17.8. The van der Waals surface area contributed by atoms with Crippen molar-refractivity contribution in [2.45, 2.75) is 45.8 Å². The monoisotopic (exact) mass is 339 g/mol. The molecule has 0 amide bonds. The number of rotatable bonds is 5. The number of aromatic nitrogens is 4. The van der Waals surface area contributed by atoms with Gasteiger partial charge in [0.05, 0.1) is 22.5 Å². The van der Waals surface area contributed by atoms with Crippen LogP contribution < -0.4 is 5.32 Å². The summed E-state index contributed by atoms with van der Waals surface area (Å²) in [6, 6.07) is 6.10. The van der Waals surface area contributed by atoms with E-state index in [1.807, 2.05) is 32.3 Å². The number of aliphatic hydroxyl groups is 1. The normalized spacial score (nSPS) is 15.1. The van der Waals surface area contributed by atoms with E-state index in [0.717, 1.165) is 46.1 Å². The number of aryl methyl sites for hydroxylation is 2. The van der Waals surface area contributed by atoms with Crippen molar-refractivity contribution >= 4 is 22.4 Å². The van der Waals surface area contributed by atoms with Crippen LogP contribution in [0.3, 0.4) is 0 Å². The van der Waals surface area contributed by atoms with Crippen molar-refractivity contribution in [2.75, 3.05) is 5.32 Å². The molecule has 6 nitrogen and oxygen atoms in total. The molecular weight excluding hydrogens is 314 g/mol. The fraction of sp³-hybridized carbons (Fsp3) is 0.474. The van der Waals surface area contributed by atoms with Crippen molar-refractivity contribution in [2.24, 2.45) is 13.0 Å². The van der Waals surface area contributed by atoms with Crippen LogP contribution in [0.15, 0.2) is 24.4 Å². The zero-order valence-corrected chi connectivity index (χ0v) is 15.2. The molecule has 0 aliphatic heterocycles. The molecule has 0 unspecified atom stereocenters. The van der Waals surface area contributed by atoms with Crippen molar-refractivity contribution < 1.29 is 5.11 Å². The minimum absolute atomic E-state index is 0.741. The van der Waals surface area contributed by atoms with Crippen LogP contribution in [0.2, 0.25) is 0 Å². The van der Waals surface area contributed by atoms with E-state index >= 15 is 0 Å². The van der Waals surface area contributed by atoms with E-state index in [0.29, 0.717) is 0 Å². The van der Waals surface area contributed by atoms with Gasteiger partial charge in [0.25, 0.3) is 0 Å². The van der Waals surface area contributed by atoms with Gasteiger partial charge in [0.2, 0.25) is 0 Å². The summed E-state index contributed by atoms with van der Waals surface area (Å²) >= 11 is 0. The maximum absolute atomic E-state index is 10.4. The Hall–Kier alpha value is -2.34. The van der Waals surface area contributed by atoms with Gasteiger partial charge in [0, 0.05) is 25.2 Å². The largest absolute Gasteiger partial charge is 0.386 e. The van der Waals surface area contributed by atoms with Crippen LogP contribution in [0.1, 0.15) is 37.9 Å². The maximum Gasteiger partial charge on any atom is 0.160 e. The van der Waals surface area contributed by atoms with Crippen LogP contribution in [-0.2, 0) is 19.2 Å². The molecule has 2 N–H and O–H groups in total. The summed E-state index contributed by atoms with van der Waals surface area (Å²) < 4.78 is 3.89. The first-order chi connectivity index (χ1) is 11.8. The number of nitrogens with one attached hydrogen (secondary N) is 1. The molecule has 25 heavy (non-hydrogen) atoms. The van der Waals surface area contributed by atoms with Crippen LogP contribution in [0.5, 0.6) is 0 Å². The van der Waals surface area contributed by atoms with Gasteiger partial charge in [0.15, 0.2) is 5.82 Å². The van der Waals surface area contributed by atoms with Crippen molar-refractivity contribution in [1.29, 1.82) is 0 Å². The van der Waals surface area contributed by atoms with Crippen LogP contribution in [-0.4, -0.2) is 24.7 Å². The van der Waals surface area contributed by atoms with Gasteiger partial charge in [0.1, 0.15) is 0 Å². The predicted molar refractivity (Wildman–Crippen MR) is 98.9 cm³/mol. The number of nitrogens with zero attached hydrogens (tertiary/aromatic N) is 4. The Labute approximate surface area is 147 Å². The van der Waals surface area contributed by atoms with Gasteiger partial charge in [-0.15, -0.1) is 0 Å².